The average molecular weight is 252 g/mol. The molecule has 0 fully saturated rings. The molecule has 2 aromatic carbocycles. The van der Waals surface area contributed by atoms with Crippen LogP contribution in [-0.4, -0.2) is 4.98 Å². The maximum Gasteiger partial charge on any atom is 0.128 e. The van der Waals surface area contributed by atoms with Gasteiger partial charge in [-0.15, -0.1) is 0 Å². The third kappa shape index (κ3) is 2.09. The van der Waals surface area contributed by atoms with Crippen molar-refractivity contribution in [3.05, 3.63) is 77.7 Å². The molecule has 0 bridgehead atoms. The van der Waals surface area contributed by atoms with Gasteiger partial charge in [0.05, 0.1) is 11.6 Å². The highest BCUT2D eigenvalue weighted by molar-refractivity contribution is 5.82. The minimum absolute atomic E-state index is 0.282. The Morgan fingerprint density at radius 2 is 1.63 bits per heavy atom. The van der Waals surface area contributed by atoms with Gasteiger partial charge in [0, 0.05) is 17.1 Å². The Morgan fingerprint density at radius 1 is 0.895 bits per heavy atom. The smallest absolute Gasteiger partial charge is 0.128 e. The quantitative estimate of drug-likeness (QED) is 0.759. The van der Waals surface area contributed by atoms with Gasteiger partial charge < -0.3 is 5.73 Å². The molecule has 3 heteroatoms. The van der Waals surface area contributed by atoms with E-state index in [1.54, 1.807) is 24.4 Å². The van der Waals surface area contributed by atoms with Gasteiger partial charge in [0.1, 0.15) is 5.82 Å². The Morgan fingerprint density at radius 3 is 2.47 bits per heavy atom. The van der Waals surface area contributed by atoms with Gasteiger partial charge in [-0.05, 0) is 23.8 Å². The van der Waals surface area contributed by atoms with Crippen LogP contribution in [0.25, 0.3) is 10.9 Å². The van der Waals surface area contributed by atoms with Crippen molar-refractivity contribution >= 4 is 10.9 Å². The molecule has 94 valence electrons. The second kappa shape index (κ2) is 4.78. The summed E-state index contributed by atoms with van der Waals surface area (Å²) in [5, 5.41) is 0.959. The first kappa shape index (κ1) is 11.8. The van der Waals surface area contributed by atoms with Gasteiger partial charge >= 0.3 is 0 Å². The highest BCUT2D eigenvalue weighted by Gasteiger charge is 2.15. The molecule has 3 rings (SSSR count). The molecule has 0 aliphatic rings. The van der Waals surface area contributed by atoms with Crippen LogP contribution in [0.4, 0.5) is 4.39 Å². The van der Waals surface area contributed by atoms with Crippen LogP contribution in [0.2, 0.25) is 0 Å². The van der Waals surface area contributed by atoms with Crippen molar-refractivity contribution < 1.29 is 4.39 Å². The van der Waals surface area contributed by atoms with Gasteiger partial charge in [-0.1, -0.05) is 36.4 Å². The zero-order valence-corrected chi connectivity index (χ0v) is 10.3. The number of benzene rings is 2. The van der Waals surface area contributed by atoms with Gasteiger partial charge in [0.2, 0.25) is 0 Å². The van der Waals surface area contributed by atoms with Crippen molar-refractivity contribution in [1.29, 1.82) is 0 Å². The molecule has 0 aliphatic carbocycles. The van der Waals surface area contributed by atoms with Crippen LogP contribution in [0, 0.1) is 5.82 Å². The van der Waals surface area contributed by atoms with Gasteiger partial charge in [0.15, 0.2) is 0 Å². The van der Waals surface area contributed by atoms with Crippen LogP contribution in [-0.2, 0) is 0 Å². The summed E-state index contributed by atoms with van der Waals surface area (Å²) in [5.41, 5.74) is 8.47. The van der Waals surface area contributed by atoms with E-state index in [-0.39, 0.29) is 5.82 Å². The summed E-state index contributed by atoms with van der Waals surface area (Å²) in [6.07, 6.45) is 1.71. The summed E-state index contributed by atoms with van der Waals surface area (Å²) in [4.78, 5) is 4.29. The first-order chi connectivity index (χ1) is 9.27. The fourth-order valence-electron chi connectivity index (χ4n) is 2.28. The Hall–Kier alpha value is -2.26. The summed E-state index contributed by atoms with van der Waals surface area (Å²) < 4.78 is 13.8. The number of fused-ring (bicyclic) bond motifs is 1. The molecule has 0 radical (unpaired) electrons. The van der Waals surface area contributed by atoms with Crippen LogP contribution in [0.3, 0.4) is 0 Å². The number of halogens is 1. The second-order valence-corrected chi connectivity index (χ2v) is 4.42. The normalized spacial score (nSPS) is 12.5. The van der Waals surface area contributed by atoms with Crippen LogP contribution < -0.4 is 5.73 Å². The third-order valence-electron chi connectivity index (χ3n) is 3.26. The molecular weight excluding hydrogens is 239 g/mol. The number of hydrogen-bond acceptors (Lipinski definition) is 2. The molecule has 1 aromatic heterocycles. The van der Waals surface area contributed by atoms with Crippen molar-refractivity contribution in [2.24, 2.45) is 5.73 Å². The molecule has 0 saturated heterocycles. The third-order valence-corrected chi connectivity index (χ3v) is 3.26. The molecule has 19 heavy (non-hydrogen) atoms. The van der Waals surface area contributed by atoms with Crippen molar-refractivity contribution in [3.8, 4) is 0 Å². The van der Waals surface area contributed by atoms with E-state index in [4.69, 9.17) is 5.73 Å². The van der Waals surface area contributed by atoms with Gasteiger partial charge in [-0.2, -0.15) is 0 Å². The molecule has 3 aromatic rings. The summed E-state index contributed by atoms with van der Waals surface area (Å²) in [6, 6.07) is 15.7. The average Bonchev–Trinajstić information content (AvgIpc) is 2.46. The summed E-state index contributed by atoms with van der Waals surface area (Å²) in [6.45, 7) is 0. The lowest BCUT2D eigenvalue weighted by molar-refractivity contribution is 0.600. The van der Waals surface area contributed by atoms with E-state index in [2.05, 4.69) is 4.98 Å². The van der Waals surface area contributed by atoms with Crippen LogP contribution in [0.1, 0.15) is 17.2 Å². The number of rotatable bonds is 2. The van der Waals surface area contributed by atoms with E-state index in [9.17, 15) is 4.39 Å². The van der Waals surface area contributed by atoms with E-state index < -0.39 is 6.04 Å². The van der Waals surface area contributed by atoms with E-state index in [1.807, 2.05) is 30.3 Å². The number of nitrogens with two attached hydrogens (primary N) is 1. The minimum Gasteiger partial charge on any atom is -0.320 e. The van der Waals surface area contributed by atoms with Crippen LogP contribution in [0.15, 0.2) is 60.8 Å². The number of para-hydroxylation sites is 1. The molecule has 1 unspecified atom stereocenters. The predicted molar refractivity (Wildman–Crippen MR) is 74.2 cm³/mol. The largest absolute Gasteiger partial charge is 0.320 e. The molecule has 0 aliphatic heterocycles. The number of nitrogens with zero attached hydrogens (tertiary/aromatic N) is 1. The topological polar surface area (TPSA) is 38.9 Å². The van der Waals surface area contributed by atoms with Crippen LogP contribution in [0.5, 0.6) is 0 Å². The Labute approximate surface area is 110 Å². The zero-order chi connectivity index (χ0) is 13.2. The lowest BCUT2D eigenvalue weighted by atomic mass is 9.96. The molecular formula is C16H13FN2. The van der Waals surface area contributed by atoms with E-state index in [0.29, 0.717) is 5.56 Å². The maximum absolute atomic E-state index is 13.8. The number of aromatic nitrogens is 1. The fourth-order valence-corrected chi connectivity index (χ4v) is 2.28. The lowest BCUT2D eigenvalue weighted by Crippen LogP contribution is -2.14. The molecule has 2 nitrogen and oxygen atoms in total. The first-order valence-electron chi connectivity index (χ1n) is 6.11. The van der Waals surface area contributed by atoms with Gasteiger partial charge in [0.25, 0.3) is 0 Å². The minimum atomic E-state index is -0.492. The molecule has 1 atom stereocenters. The summed E-state index contributed by atoms with van der Waals surface area (Å²) >= 11 is 0. The molecule has 0 amide bonds. The number of hydrogen-bond donors (Lipinski definition) is 1. The summed E-state index contributed by atoms with van der Waals surface area (Å²) in [5.74, 6) is -0.282. The van der Waals surface area contributed by atoms with E-state index in [0.717, 1.165) is 16.5 Å². The molecule has 2 N–H and O–H groups in total. The highest BCUT2D eigenvalue weighted by atomic mass is 19.1. The standard InChI is InChI=1S/C16H13FN2/c17-14-7-3-1-6-13(14)16(18)12-9-10-19-15-8-4-2-5-11(12)15/h1-10,16H,18H2. The summed E-state index contributed by atoms with van der Waals surface area (Å²) in [7, 11) is 0. The Kier molecular flexibility index (Phi) is 2.97. The monoisotopic (exact) mass is 252 g/mol. The molecule has 0 saturated carbocycles. The predicted octanol–water partition coefficient (Wildman–Crippen LogP) is 3.42. The number of pyridine rings is 1. The fraction of sp³-hybridized carbons (Fsp3) is 0.0625. The van der Waals surface area contributed by atoms with Crippen molar-refractivity contribution in [1.82, 2.24) is 4.98 Å². The van der Waals surface area contributed by atoms with E-state index >= 15 is 0 Å². The first-order valence-corrected chi connectivity index (χ1v) is 6.11. The molecule has 1 heterocycles. The highest BCUT2D eigenvalue weighted by Crippen LogP contribution is 2.27. The van der Waals surface area contributed by atoms with Gasteiger partial charge in [-0.25, -0.2) is 4.39 Å². The van der Waals surface area contributed by atoms with Gasteiger partial charge in [-0.3, -0.25) is 4.98 Å². The molecule has 0 spiro atoms. The maximum atomic E-state index is 13.8. The zero-order valence-electron chi connectivity index (χ0n) is 10.3. The lowest BCUT2D eigenvalue weighted by Gasteiger charge is -2.15. The van der Waals surface area contributed by atoms with Crippen molar-refractivity contribution in [3.63, 3.8) is 0 Å². The van der Waals surface area contributed by atoms with Crippen molar-refractivity contribution in [2.45, 2.75) is 6.04 Å². The SMILES string of the molecule is NC(c1ccccc1F)c1ccnc2ccccc12. The van der Waals surface area contributed by atoms with Crippen molar-refractivity contribution in [2.75, 3.05) is 0 Å². The van der Waals surface area contributed by atoms with E-state index in [1.165, 1.54) is 6.07 Å². The van der Waals surface area contributed by atoms with Crippen LogP contribution >= 0.6 is 0 Å². The second-order valence-electron chi connectivity index (χ2n) is 4.42. The Balaban J connectivity index is 2.17. The Bertz CT molecular complexity index is 719.